The minimum absolute atomic E-state index is 0.142. The molecule has 3 rings (SSSR count). The van der Waals surface area contributed by atoms with Gasteiger partial charge in [0, 0.05) is 17.6 Å². The van der Waals surface area contributed by atoms with Crippen LogP contribution in [0.2, 0.25) is 5.02 Å². The Labute approximate surface area is 176 Å². The zero-order chi connectivity index (χ0) is 21.0. The van der Waals surface area contributed by atoms with Gasteiger partial charge in [-0.15, -0.1) is 0 Å². The Morgan fingerprint density at radius 1 is 0.931 bits per heavy atom. The molecule has 0 saturated carbocycles. The fourth-order valence-corrected chi connectivity index (χ4v) is 4.15. The average molecular weight is 429 g/mol. The number of nitrogens with one attached hydrogen (secondary N) is 1. The van der Waals surface area contributed by atoms with Crippen LogP contribution < -0.4 is 9.62 Å². The van der Waals surface area contributed by atoms with Crippen LogP contribution in [-0.4, -0.2) is 21.4 Å². The summed E-state index contributed by atoms with van der Waals surface area (Å²) in [5.74, 6) is -0.226. The molecule has 0 aliphatic rings. The second-order valence-electron chi connectivity index (χ2n) is 6.58. The summed E-state index contributed by atoms with van der Waals surface area (Å²) < 4.78 is 26.7. The molecule has 1 amide bonds. The normalized spacial score (nSPS) is 12.2. The van der Waals surface area contributed by atoms with Crippen molar-refractivity contribution >= 4 is 33.2 Å². The van der Waals surface area contributed by atoms with Crippen LogP contribution in [0.1, 0.15) is 28.9 Å². The van der Waals surface area contributed by atoms with Gasteiger partial charge in [-0.05, 0) is 61.0 Å². The minimum Gasteiger partial charge on any atom is -0.346 e. The van der Waals surface area contributed by atoms with E-state index < -0.39 is 10.0 Å². The van der Waals surface area contributed by atoms with Gasteiger partial charge in [-0.1, -0.05) is 41.9 Å². The minimum atomic E-state index is -3.72. The van der Waals surface area contributed by atoms with Gasteiger partial charge in [0.25, 0.3) is 15.9 Å². The Bertz CT molecular complexity index is 1080. The second kappa shape index (κ2) is 8.68. The highest BCUT2D eigenvalue weighted by Gasteiger charge is 2.21. The molecule has 0 heterocycles. The quantitative estimate of drug-likeness (QED) is 0.621. The summed E-state index contributed by atoms with van der Waals surface area (Å²) in [4.78, 5) is 12.6. The van der Waals surface area contributed by atoms with Crippen molar-refractivity contribution < 1.29 is 13.2 Å². The number of rotatable bonds is 6. The first-order valence-corrected chi connectivity index (χ1v) is 10.8. The van der Waals surface area contributed by atoms with Crippen LogP contribution in [0.25, 0.3) is 0 Å². The van der Waals surface area contributed by atoms with Gasteiger partial charge in [0.15, 0.2) is 0 Å². The van der Waals surface area contributed by atoms with Gasteiger partial charge >= 0.3 is 0 Å². The Hall–Kier alpha value is -2.83. The number of hydrogen-bond donors (Lipinski definition) is 1. The lowest BCUT2D eigenvalue weighted by molar-refractivity contribution is 0.0940. The highest BCUT2D eigenvalue weighted by Crippen LogP contribution is 2.24. The maximum Gasteiger partial charge on any atom is 0.264 e. The molecule has 3 aromatic rings. The van der Waals surface area contributed by atoms with Crippen molar-refractivity contribution in [3.05, 3.63) is 95.0 Å². The highest BCUT2D eigenvalue weighted by atomic mass is 35.5. The van der Waals surface area contributed by atoms with E-state index in [2.05, 4.69) is 5.32 Å². The van der Waals surface area contributed by atoms with E-state index in [0.29, 0.717) is 16.3 Å². The van der Waals surface area contributed by atoms with Crippen LogP contribution in [0, 0.1) is 0 Å². The molecule has 0 aliphatic carbocycles. The van der Waals surface area contributed by atoms with Crippen LogP contribution in [0.3, 0.4) is 0 Å². The third kappa shape index (κ3) is 4.78. The molecule has 29 heavy (non-hydrogen) atoms. The average Bonchev–Trinajstić information content (AvgIpc) is 2.74. The number of carbonyl (C=O) groups is 1. The Morgan fingerprint density at radius 2 is 1.52 bits per heavy atom. The number of amides is 1. The summed E-state index contributed by atoms with van der Waals surface area (Å²) in [7, 11) is -2.25. The van der Waals surface area contributed by atoms with E-state index in [1.165, 1.54) is 35.6 Å². The van der Waals surface area contributed by atoms with Crippen molar-refractivity contribution in [1.82, 2.24) is 5.32 Å². The molecular weight excluding hydrogens is 408 g/mol. The molecule has 0 saturated heterocycles. The molecule has 3 aromatic carbocycles. The summed E-state index contributed by atoms with van der Waals surface area (Å²) in [5, 5.41) is 3.40. The van der Waals surface area contributed by atoms with Gasteiger partial charge in [-0.2, -0.15) is 0 Å². The van der Waals surface area contributed by atoms with Crippen LogP contribution in [0.5, 0.6) is 0 Å². The van der Waals surface area contributed by atoms with Crippen LogP contribution in [0.15, 0.2) is 83.8 Å². The largest absolute Gasteiger partial charge is 0.346 e. The maximum atomic E-state index is 12.8. The first kappa shape index (κ1) is 20.9. The van der Waals surface area contributed by atoms with Gasteiger partial charge in [0.05, 0.1) is 16.6 Å². The monoisotopic (exact) mass is 428 g/mol. The SMILES string of the molecule is C[C@H](NC(=O)c1ccc(N(C)S(=O)(=O)c2ccc(Cl)cc2)cc1)c1ccccc1. The van der Waals surface area contributed by atoms with E-state index in [-0.39, 0.29) is 16.8 Å². The van der Waals surface area contributed by atoms with Crippen molar-refractivity contribution in [2.24, 2.45) is 0 Å². The molecule has 150 valence electrons. The van der Waals surface area contributed by atoms with E-state index in [0.717, 1.165) is 5.56 Å². The molecular formula is C22H21ClN2O3S. The molecule has 5 nitrogen and oxygen atoms in total. The van der Waals surface area contributed by atoms with Gasteiger partial charge in [0.1, 0.15) is 0 Å². The predicted octanol–water partition coefficient (Wildman–Crippen LogP) is 4.66. The van der Waals surface area contributed by atoms with E-state index in [4.69, 9.17) is 11.6 Å². The Balaban J connectivity index is 1.73. The number of halogens is 1. The smallest absolute Gasteiger partial charge is 0.264 e. The van der Waals surface area contributed by atoms with E-state index in [1.807, 2.05) is 37.3 Å². The lowest BCUT2D eigenvalue weighted by Crippen LogP contribution is -2.28. The predicted molar refractivity (Wildman–Crippen MR) is 116 cm³/mol. The zero-order valence-corrected chi connectivity index (χ0v) is 17.6. The molecule has 7 heteroatoms. The van der Waals surface area contributed by atoms with E-state index >= 15 is 0 Å². The standard InChI is InChI=1S/C22H21ClN2O3S/c1-16(17-6-4-3-5-7-17)24-22(26)18-8-12-20(13-9-18)25(2)29(27,28)21-14-10-19(23)11-15-21/h3-16H,1-2H3,(H,24,26)/t16-/m0/s1. The molecule has 0 aliphatic heterocycles. The van der Waals surface area contributed by atoms with Crippen LogP contribution >= 0.6 is 11.6 Å². The summed E-state index contributed by atoms with van der Waals surface area (Å²) in [6, 6.07) is 21.9. The first-order valence-electron chi connectivity index (χ1n) is 8.99. The van der Waals surface area contributed by atoms with E-state index in [9.17, 15) is 13.2 Å². The molecule has 0 spiro atoms. The third-order valence-electron chi connectivity index (χ3n) is 4.61. The Kier molecular flexibility index (Phi) is 6.25. The second-order valence-corrected chi connectivity index (χ2v) is 8.98. The van der Waals surface area contributed by atoms with Crippen molar-refractivity contribution in [3.63, 3.8) is 0 Å². The fraction of sp³-hybridized carbons (Fsp3) is 0.136. The summed E-state index contributed by atoms with van der Waals surface area (Å²) in [6.45, 7) is 1.91. The van der Waals surface area contributed by atoms with Gasteiger partial charge in [-0.3, -0.25) is 9.10 Å². The number of nitrogens with zero attached hydrogens (tertiary/aromatic N) is 1. The number of anilines is 1. The maximum absolute atomic E-state index is 12.8. The fourth-order valence-electron chi connectivity index (χ4n) is 2.83. The van der Waals surface area contributed by atoms with Crippen LogP contribution in [-0.2, 0) is 10.0 Å². The van der Waals surface area contributed by atoms with E-state index in [1.54, 1.807) is 24.3 Å². The number of benzene rings is 3. The van der Waals surface area contributed by atoms with Gasteiger partial charge in [-0.25, -0.2) is 8.42 Å². The molecule has 1 N–H and O–H groups in total. The molecule has 0 radical (unpaired) electrons. The summed E-state index contributed by atoms with van der Waals surface area (Å²) in [5.41, 5.74) is 1.91. The number of hydrogen-bond acceptors (Lipinski definition) is 3. The lowest BCUT2D eigenvalue weighted by atomic mass is 10.1. The molecule has 0 aromatic heterocycles. The zero-order valence-electron chi connectivity index (χ0n) is 16.0. The number of carbonyl (C=O) groups excluding carboxylic acids is 1. The molecule has 1 atom stereocenters. The third-order valence-corrected chi connectivity index (χ3v) is 6.66. The van der Waals surface area contributed by atoms with Crippen molar-refractivity contribution in [3.8, 4) is 0 Å². The lowest BCUT2D eigenvalue weighted by Gasteiger charge is -2.20. The van der Waals surface area contributed by atoms with Gasteiger partial charge < -0.3 is 5.32 Å². The topological polar surface area (TPSA) is 66.5 Å². The summed E-state index contributed by atoms with van der Waals surface area (Å²) in [6.07, 6.45) is 0. The highest BCUT2D eigenvalue weighted by molar-refractivity contribution is 7.92. The molecule has 0 fully saturated rings. The van der Waals surface area contributed by atoms with Crippen LogP contribution in [0.4, 0.5) is 5.69 Å². The first-order chi connectivity index (χ1) is 13.8. The number of sulfonamides is 1. The van der Waals surface area contributed by atoms with Crippen molar-refractivity contribution in [2.75, 3.05) is 11.4 Å². The summed E-state index contributed by atoms with van der Waals surface area (Å²) >= 11 is 5.83. The molecule has 0 unspecified atom stereocenters. The molecule has 0 bridgehead atoms. The van der Waals surface area contributed by atoms with Crippen molar-refractivity contribution in [2.45, 2.75) is 17.9 Å². The van der Waals surface area contributed by atoms with Crippen molar-refractivity contribution in [1.29, 1.82) is 0 Å². The van der Waals surface area contributed by atoms with Gasteiger partial charge in [0.2, 0.25) is 0 Å². The Morgan fingerprint density at radius 3 is 2.10 bits per heavy atom.